The van der Waals surface area contributed by atoms with Gasteiger partial charge < -0.3 is 14.6 Å². The fourth-order valence-corrected chi connectivity index (χ4v) is 1.79. The molecule has 0 amide bonds. The first-order valence-electron chi connectivity index (χ1n) is 6.00. The van der Waals surface area contributed by atoms with Crippen molar-refractivity contribution in [1.29, 1.82) is 0 Å². The van der Waals surface area contributed by atoms with E-state index in [2.05, 4.69) is 0 Å². The molecule has 0 bridgehead atoms. The fraction of sp³-hybridized carbons (Fsp3) is 0.200. The van der Waals surface area contributed by atoms with Crippen LogP contribution >= 0.6 is 0 Å². The average Bonchev–Trinajstić information content (AvgIpc) is 2.46. The topological polar surface area (TPSA) is 38.7 Å². The third-order valence-electron chi connectivity index (χ3n) is 2.79. The number of hydrogen-bond acceptors (Lipinski definition) is 3. The first-order valence-corrected chi connectivity index (χ1v) is 6.00. The summed E-state index contributed by atoms with van der Waals surface area (Å²) in [6, 6.07) is 9.92. The first kappa shape index (κ1) is 14.3. The van der Waals surface area contributed by atoms with Gasteiger partial charge in [0.2, 0.25) is 0 Å². The van der Waals surface area contributed by atoms with Gasteiger partial charge in [-0.15, -0.1) is 0 Å². The molecule has 1 unspecified atom stereocenters. The van der Waals surface area contributed by atoms with Crippen molar-refractivity contribution in [1.82, 2.24) is 0 Å². The number of methoxy groups -OCH3 is 1. The maximum Gasteiger partial charge on any atom is 0.167 e. The minimum Gasteiger partial charge on any atom is -0.496 e. The van der Waals surface area contributed by atoms with Gasteiger partial charge in [0, 0.05) is 11.6 Å². The van der Waals surface area contributed by atoms with Gasteiger partial charge >= 0.3 is 0 Å². The molecular weight excluding hydrogens is 266 g/mol. The summed E-state index contributed by atoms with van der Waals surface area (Å²) in [4.78, 5) is 0. The first-order chi connectivity index (χ1) is 9.61. The van der Waals surface area contributed by atoms with Gasteiger partial charge in [0.15, 0.2) is 11.6 Å². The van der Waals surface area contributed by atoms with Crippen molar-refractivity contribution >= 4 is 0 Å². The molecule has 0 aliphatic heterocycles. The summed E-state index contributed by atoms with van der Waals surface area (Å²) in [5, 5.41) is 10.0. The van der Waals surface area contributed by atoms with Crippen LogP contribution in [-0.4, -0.2) is 18.8 Å². The second kappa shape index (κ2) is 6.34. The van der Waals surface area contributed by atoms with E-state index in [1.807, 2.05) is 0 Å². The number of para-hydroxylation sites is 1. The van der Waals surface area contributed by atoms with Gasteiger partial charge in [-0.1, -0.05) is 18.2 Å². The monoisotopic (exact) mass is 280 g/mol. The minimum absolute atomic E-state index is 0.111. The predicted octanol–water partition coefficient (Wildman–Crippen LogP) is 3.09. The molecule has 2 aromatic rings. The molecule has 1 N–H and O–H groups in total. The van der Waals surface area contributed by atoms with Gasteiger partial charge in [-0.25, -0.2) is 8.78 Å². The van der Waals surface area contributed by atoms with Crippen molar-refractivity contribution in [2.24, 2.45) is 0 Å². The van der Waals surface area contributed by atoms with Crippen LogP contribution in [0.3, 0.4) is 0 Å². The normalized spacial score (nSPS) is 12.0. The van der Waals surface area contributed by atoms with Crippen LogP contribution in [-0.2, 0) is 0 Å². The molecule has 0 radical (unpaired) electrons. The van der Waals surface area contributed by atoms with E-state index in [0.29, 0.717) is 11.3 Å². The lowest BCUT2D eigenvalue weighted by molar-refractivity contribution is 0.103. The molecule has 0 aliphatic carbocycles. The van der Waals surface area contributed by atoms with Crippen LogP contribution in [0.4, 0.5) is 8.78 Å². The Labute approximate surface area is 115 Å². The van der Waals surface area contributed by atoms with Crippen molar-refractivity contribution in [2.45, 2.75) is 6.10 Å². The van der Waals surface area contributed by atoms with E-state index in [0.717, 1.165) is 12.1 Å². The molecule has 0 fully saturated rings. The van der Waals surface area contributed by atoms with Gasteiger partial charge in [0.1, 0.15) is 24.3 Å². The van der Waals surface area contributed by atoms with Gasteiger partial charge in [-0.2, -0.15) is 0 Å². The number of ether oxygens (including phenoxy) is 2. The summed E-state index contributed by atoms with van der Waals surface area (Å²) >= 11 is 0. The molecule has 0 heterocycles. The van der Waals surface area contributed by atoms with Crippen molar-refractivity contribution in [3.8, 4) is 11.5 Å². The van der Waals surface area contributed by atoms with Crippen LogP contribution in [0.25, 0.3) is 0 Å². The zero-order valence-corrected chi connectivity index (χ0v) is 10.8. The smallest absolute Gasteiger partial charge is 0.167 e. The second-order valence-corrected chi connectivity index (χ2v) is 4.14. The van der Waals surface area contributed by atoms with Crippen LogP contribution < -0.4 is 9.47 Å². The van der Waals surface area contributed by atoms with Crippen molar-refractivity contribution in [3.05, 3.63) is 59.7 Å². The zero-order valence-electron chi connectivity index (χ0n) is 10.8. The summed E-state index contributed by atoms with van der Waals surface area (Å²) < 4.78 is 36.4. The van der Waals surface area contributed by atoms with Gasteiger partial charge in [-0.3, -0.25) is 0 Å². The fourth-order valence-electron chi connectivity index (χ4n) is 1.79. The SMILES string of the molecule is COc1ccccc1C(O)COc1ccc(F)cc1F. The molecule has 5 heteroatoms. The molecule has 0 saturated heterocycles. The van der Waals surface area contributed by atoms with Crippen LogP contribution in [0.5, 0.6) is 11.5 Å². The van der Waals surface area contributed by atoms with Crippen LogP contribution in [0, 0.1) is 11.6 Å². The summed E-state index contributed by atoms with van der Waals surface area (Å²) in [6.45, 7) is -0.164. The minimum atomic E-state index is -0.976. The maximum atomic E-state index is 13.4. The Morgan fingerprint density at radius 3 is 2.55 bits per heavy atom. The largest absolute Gasteiger partial charge is 0.496 e. The Hall–Kier alpha value is -2.14. The third kappa shape index (κ3) is 3.24. The molecular formula is C15H14F2O3. The highest BCUT2D eigenvalue weighted by molar-refractivity contribution is 5.35. The Balaban J connectivity index is 2.06. The van der Waals surface area contributed by atoms with Crippen LogP contribution in [0.15, 0.2) is 42.5 Å². The lowest BCUT2D eigenvalue weighted by Crippen LogP contribution is -2.11. The van der Waals surface area contributed by atoms with Crippen molar-refractivity contribution in [3.63, 3.8) is 0 Å². The summed E-state index contributed by atoms with van der Waals surface area (Å²) in [7, 11) is 1.49. The third-order valence-corrected chi connectivity index (χ3v) is 2.79. The molecule has 2 rings (SSSR count). The zero-order chi connectivity index (χ0) is 14.5. The number of halogens is 2. The van der Waals surface area contributed by atoms with E-state index >= 15 is 0 Å². The molecule has 1 atom stereocenters. The Morgan fingerprint density at radius 2 is 1.85 bits per heavy atom. The van der Waals surface area contributed by atoms with E-state index in [4.69, 9.17) is 9.47 Å². The average molecular weight is 280 g/mol. The Bertz CT molecular complexity index is 587. The highest BCUT2D eigenvalue weighted by atomic mass is 19.1. The number of benzene rings is 2. The molecule has 20 heavy (non-hydrogen) atoms. The van der Waals surface area contributed by atoms with Crippen LogP contribution in [0.2, 0.25) is 0 Å². The summed E-state index contributed by atoms with van der Waals surface area (Å²) in [5.41, 5.74) is 0.539. The van der Waals surface area contributed by atoms with E-state index in [1.54, 1.807) is 24.3 Å². The molecule has 0 spiro atoms. The second-order valence-electron chi connectivity index (χ2n) is 4.14. The van der Waals surface area contributed by atoms with Crippen molar-refractivity contribution in [2.75, 3.05) is 13.7 Å². The molecule has 106 valence electrons. The quantitative estimate of drug-likeness (QED) is 0.914. The standard InChI is InChI=1S/C15H14F2O3/c1-19-14-5-3-2-4-11(14)13(18)9-20-15-7-6-10(16)8-12(15)17/h2-8,13,18H,9H2,1H3. The van der Waals surface area contributed by atoms with E-state index in [9.17, 15) is 13.9 Å². The molecule has 3 nitrogen and oxygen atoms in total. The molecule has 0 saturated carbocycles. The van der Waals surface area contributed by atoms with Crippen molar-refractivity contribution < 1.29 is 23.4 Å². The highest BCUT2D eigenvalue weighted by Gasteiger charge is 2.14. The van der Waals surface area contributed by atoms with Gasteiger partial charge in [-0.05, 0) is 18.2 Å². The van der Waals surface area contributed by atoms with Gasteiger partial charge in [0.05, 0.1) is 7.11 Å². The van der Waals surface area contributed by atoms with Gasteiger partial charge in [0.25, 0.3) is 0 Å². The highest BCUT2D eigenvalue weighted by Crippen LogP contribution is 2.26. The lowest BCUT2D eigenvalue weighted by Gasteiger charge is -2.15. The van der Waals surface area contributed by atoms with E-state index in [1.165, 1.54) is 13.2 Å². The summed E-state index contributed by atoms with van der Waals surface area (Å²) in [6.07, 6.45) is -0.976. The molecule has 2 aromatic carbocycles. The van der Waals surface area contributed by atoms with Crippen LogP contribution in [0.1, 0.15) is 11.7 Å². The summed E-state index contributed by atoms with van der Waals surface area (Å²) in [5.74, 6) is -1.08. The Kier molecular flexibility index (Phi) is 4.53. The number of hydrogen-bond donors (Lipinski definition) is 1. The van der Waals surface area contributed by atoms with E-state index in [-0.39, 0.29) is 12.4 Å². The maximum absolute atomic E-state index is 13.4. The molecule has 0 aliphatic rings. The number of aliphatic hydroxyl groups excluding tert-OH is 1. The lowest BCUT2D eigenvalue weighted by atomic mass is 10.1. The Morgan fingerprint density at radius 1 is 1.10 bits per heavy atom. The number of rotatable bonds is 5. The number of aliphatic hydroxyl groups is 1. The molecule has 0 aromatic heterocycles. The predicted molar refractivity (Wildman–Crippen MR) is 69.8 cm³/mol. The van der Waals surface area contributed by atoms with E-state index < -0.39 is 17.7 Å².